The number of hydrogen-bond acceptors (Lipinski definition) is 2. The van der Waals surface area contributed by atoms with Gasteiger partial charge in [0.15, 0.2) is 0 Å². The molecule has 1 amide bonds. The van der Waals surface area contributed by atoms with Crippen molar-refractivity contribution in [2.75, 3.05) is 0 Å². The number of aromatic nitrogens is 1. The van der Waals surface area contributed by atoms with Crippen molar-refractivity contribution in [3.8, 4) is 0 Å². The Balaban J connectivity index is 1.97. The van der Waals surface area contributed by atoms with Crippen LogP contribution in [0.2, 0.25) is 5.02 Å². The predicted molar refractivity (Wildman–Crippen MR) is 135 cm³/mol. The minimum absolute atomic E-state index is 0.0318. The van der Waals surface area contributed by atoms with E-state index in [4.69, 9.17) is 11.6 Å². The first-order valence-corrected chi connectivity index (χ1v) is 12.1. The van der Waals surface area contributed by atoms with Crippen LogP contribution in [0.3, 0.4) is 0 Å². The highest BCUT2D eigenvalue weighted by molar-refractivity contribution is 6.30. The van der Waals surface area contributed by atoms with Crippen LogP contribution in [0.4, 0.5) is 30.7 Å². The van der Waals surface area contributed by atoms with E-state index in [9.17, 15) is 35.5 Å². The summed E-state index contributed by atoms with van der Waals surface area (Å²) < 4.78 is 95.9. The standard InChI is InChI=1S/C29H20ClF7N2O/c1-17-7-9-20(14-22(17)28(32,33)34)27(15-18-5-3-2-4-6-18,25-12-10-21(30)16-38-25)39-26(40)19-8-11-24(31)23(13-19)29(35,36)37/h2-14,16H,15H2,1H3,(H,39,40)/t27-/m1/s1. The van der Waals surface area contributed by atoms with Gasteiger partial charge in [0.1, 0.15) is 11.4 Å². The summed E-state index contributed by atoms with van der Waals surface area (Å²) in [6.07, 6.45) is -8.73. The number of rotatable bonds is 6. The summed E-state index contributed by atoms with van der Waals surface area (Å²) >= 11 is 6.01. The minimum Gasteiger partial charge on any atom is -0.337 e. The maximum absolute atomic E-state index is 14.0. The summed E-state index contributed by atoms with van der Waals surface area (Å²) in [6, 6.07) is 16.5. The summed E-state index contributed by atoms with van der Waals surface area (Å²) in [5.74, 6) is -2.67. The van der Waals surface area contributed by atoms with E-state index in [1.165, 1.54) is 37.4 Å². The highest BCUT2D eigenvalue weighted by atomic mass is 35.5. The van der Waals surface area contributed by atoms with Gasteiger partial charge in [0.05, 0.1) is 21.8 Å². The average Bonchev–Trinajstić information content (AvgIpc) is 2.88. The molecule has 0 fully saturated rings. The van der Waals surface area contributed by atoms with E-state index in [1.807, 2.05) is 0 Å². The molecule has 1 heterocycles. The Morgan fingerprint density at radius 2 is 1.52 bits per heavy atom. The van der Waals surface area contributed by atoms with Crippen LogP contribution in [-0.2, 0) is 24.3 Å². The highest BCUT2D eigenvalue weighted by Crippen LogP contribution is 2.39. The van der Waals surface area contributed by atoms with Crippen molar-refractivity contribution in [2.45, 2.75) is 31.2 Å². The number of nitrogens with zero attached hydrogens (tertiary/aromatic N) is 1. The van der Waals surface area contributed by atoms with Crippen LogP contribution in [0.5, 0.6) is 0 Å². The van der Waals surface area contributed by atoms with Crippen LogP contribution >= 0.6 is 11.6 Å². The van der Waals surface area contributed by atoms with Gasteiger partial charge in [0.25, 0.3) is 5.91 Å². The molecular weight excluding hydrogens is 561 g/mol. The van der Waals surface area contributed by atoms with Crippen LogP contribution in [0.1, 0.15) is 43.9 Å². The van der Waals surface area contributed by atoms with Crippen molar-refractivity contribution in [1.29, 1.82) is 0 Å². The summed E-state index contributed by atoms with van der Waals surface area (Å²) in [7, 11) is 0. The average molecular weight is 581 g/mol. The van der Waals surface area contributed by atoms with Crippen LogP contribution in [0.25, 0.3) is 0 Å². The Labute approximate surface area is 229 Å². The number of halogens is 8. The summed E-state index contributed by atoms with van der Waals surface area (Å²) in [6.45, 7) is 1.28. The normalized spacial score (nSPS) is 13.5. The van der Waals surface area contributed by atoms with Crippen LogP contribution in [0.15, 0.2) is 85.1 Å². The lowest BCUT2D eigenvalue weighted by Crippen LogP contribution is -2.49. The van der Waals surface area contributed by atoms with E-state index in [2.05, 4.69) is 10.3 Å². The number of pyridine rings is 1. The van der Waals surface area contributed by atoms with Gasteiger partial charge in [-0.25, -0.2) is 4.39 Å². The molecule has 208 valence electrons. The summed E-state index contributed by atoms with van der Waals surface area (Å²) in [5.41, 5.74) is -4.45. The third kappa shape index (κ3) is 6.12. The van der Waals surface area contributed by atoms with Gasteiger partial charge in [-0.15, -0.1) is 0 Å². The highest BCUT2D eigenvalue weighted by Gasteiger charge is 2.41. The molecule has 0 aliphatic carbocycles. The third-order valence-corrected chi connectivity index (χ3v) is 6.60. The van der Waals surface area contributed by atoms with E-state index >= 15 is 0 Å². The van der Waals surface area contributed by atoms with E-state index in [1.54, 1.807) is 30.3 Å². The zero-order valence-corrected chi connectivity index (χ0v) is 21.4. The third-order valence-electron chi connectivity index (χ3n) is 6.37. The smallest absolute Gasteiger partial charge is 0.337 e. The molecule has 0 saturated heterocycles. The Morgan fingerprint density at radius 1 is 0.850 bits per heavy atom. The van der Waals surface area contributed by atoms with E-state index in [0.29, 0.717) is 17.7 Å². The van der Waals surface area contributed by atoms with E-state index < -0.39 is 46.3 Å². The van der Waals surface area contributed by atoms with Crippen molar-refractivity contribution < 1.29 is 35.5 Å². The number of carbonyl (C=O) groups is 1. The van der Waals surface area contributed by atoms with Crippen LogP contribution in [-0.4, -0.2) is 10.9 Å². The first-order valence-electron chi connectivity index (χ1n) is 11.7. The van der Waals surface area contributed by atoms with Crippen molar-refractivity contribution >= 4 is 17.5 Å². The Morgan fingerprint density at radius 3 is 2.12 bits per heavy atom. The fourth-order valence-corrected chi connectivity index (χ4v) is 4.51. The lowest BCUT2D eigenvalue weighted by Gasteiger charge is -2.36. The molecule has 0 saturated carbocycles. The first kappa shape index (κ1) is 29.1. The van der Waals surface area contributed by atoms with Crippen LogP contribution < -0.4 is 5.32 Å². The second kappa shape index (κ2) is 10.9. The largest absolute Gasteiger partial charge is 0.419 e. The first-order chi connectivity index (χ1) is 18.7. The van der Waals surface area contributed by atoms with Crippen molar-refractivity contribution in [1.82, 2.24) is 10.3 Å². The number of amides is 1. The molecule has 3 nitrogen and oxygen atoms in total. The Hall–Kier alpha value is -3.92. The number of alkyl halides is 6. The molecular formula is C29H20ClF7N2O. The maximum atomic E-state index is 14.0. The zero-order valence-electron chi connectivity index (χ0n) is 20.7. The number of benzene rings is 3. The second-order valence-corrected chi connectivity index (χ2v) is 9.54. The summed E-state index contributed by atoms with van der Waals surface area (Å²) in [5, 5.41) is 2.85. The lowest BCUT2D eigenvalue weighted by molar-refractivity contribution is -0.140. The fraction of sp³-hybridized carbons (Fsp3) is 0.172. The van der Waals surface area contributed by atoms with Gasteiger partial charge in [-0.1, -0.05) is 54.1 Å². The quantitative estimate of drug-likeness (QED) is 0.234. The molecule has 4 rings (SSSR count). The molecule has 0 unspecified atom stereocenters. The van der Waals surface area contributed by atoms with Gasteiger partial charge in [-0.3, -0.25) is 9.78 Å². The molecule has 4 aromatic rings. The number of hydrogen-bond donors (Lipinski definition) is 1. The molecule has 3 aromatic carbocycles. The molecule has 0 aliphatic heterocycles. The molecule has 11 heteroatoms. The number of aryl methyl sites for hydroxylation is 1. The zero-order chi connectivity index (χ0) is 29.3. The molecule has 40 heavy (non-hydrogen) atoms. The van der Waals surface area contributed by atoms with E-state index in [0.717, 1.165) is 12.1 Å². The molecule has 0 radical (unpaired) electrons. The van der Waals surface area contributed by atoms with Gasteiger partial charge in [0, 0.05) is 18.2 Å². The predicted octanol–water partition coefficient (Wildman–Crippen LogP) is 8.14. The number of nitrogens with one attached hydrogen (secondary N) is 1. The van der Waals surface area contributed by atoms with Gasteiger partial charge >= 0.3 is 12.4 Å². The Kier molecular flexibility index (Phi) is 7.94. The molecule has 1 atom stereocenters. The Bertz CT molecular complexity index is 1520. The molecule has 0 spiro atoms. The van der Waals surface area contributed by atoms with E-state index in [-0.39, 0.29) is 28.3 Å². The fourth-order valence-electron chi connectivity index (χ4n) is 4.39. The van der Waals surface area contributed by atoms with Crippen molar-refractivity contribution in [2.24, 2.45) is 0 Å². The van der Waals surface area contributed by atoms with Gasteiger partial charge < -0.3 is 5.32 Å². The minimum atomic E-state index is -5.09. The second-order valence-electron chi connectivity index (χ2n) is 9.10. The van der Waals surface area contributed by atoms with Crippen molar-refractivity contribution in [3.05, 3.63) is 135 Å². The maximum Gasteiger partial charge on any atom is 0.419 e. The molecule has 1 aromatic heterocycles. The monoisotopic (exact) mass is 580 g/mol. The topological polar surface area (TPSA) is 42.0 Å². The van der Waals surface area contributed by atoms with Gasteiger partial charge in [-0.2, -0.15) is 26.3 Å². The van der Waals surface area contributed by atoms with Gasteiger partial charge in [0.2, 0.25) is 0 Å². The summed E-state index contributed by atoms with van der Waals surface area (Å²) in [4.78, 5) is 17.8. The molecule has 0 bridgehead atoms. The number of carbonyl (C=O) groups excluding carboxylic acids is 1. The van der Waals surface area contributed by atoms with Crippen LogP contribution in [0, 0.1) is 12.7 Å². The lowest BCUT2D eigenvalue weighted by atomic mass is 9.79. The van der Waals surface area contributed by atoms with Gasteiger partial charge in [-0.05, 0) is 60.0 Å². The SMILES string of the molecule is Cc1ccc([C@@](Cc2ccccc2)(NC(=O)c2ccc(F)c(C(F)(F)F)c2)c2ccc(Cl)cn2)cc1C(F)(F)F. The van der Waals surface area contributed by atoms with Crippen molar-refractivity contribution in [3.63, 3.8) is 0 Å². The molecule has 0 aliphatic rings. The molecule has 1 N–H and O–H groups in total.